The number of benzene rings is 1. The van der Waals surface area contributed by atoms with E-state index in [0.717, 1.165) is 31.6 Å². The number of halogens is 1. The zero-order valence-corrected chi connectivity index (χ0v) is 24.3. The monoisotopic (exact) mass is 589 g/mol. The van der Waals surface area contributed by atoms with Crippen molar-refractivity contribution in [1.29, 1.82) is 10.5 Å². The van der Waals surface area contributed by atoms with E-state index in [1.165, 1.54) is 10.7 Å². The third-order valence-electron chi connectivity index (χ3n) is 8.12. The Kier molecular flexibility index (Phi) is 7.27. The van der Waals surface area contributed by atoms with Gasteiger partial charge in [-0.1, -0.05) is 11.6 Å². The quantitative estimate of drug-likeness (QED) is 0.353. The highest BCUT2D eigenvalue weighted by Crippen LogP contribution is 2.37. The highest BCUT2D eigenvalue weighted by molar-refractivity contribution is 6.36. The molecule has 6 rings (SSSR count). The minimum absolute atomic E-state index is 0.0181. The zero-order chi connectivity index (χ0) is 29.6. The summed E-state index contributed by atoms with van der Waals surface area (Å²) in [7, 11) is 0. The normalized spacial score (nSPS) is 18.0. The first-order valence-electron chi connectivity index (χ1n) is 14.0. The van der Waals surface area contributed by atoms with Gasteiger partial charge in [-0.15, -0.1) is 5.10 Å². The van der Waals surface area contributed by atoms with E-state index in [0.29, 0.717) is 60.0 Å². The van der Waals surface area contributed by atoms with Crippen molar-refractivity contribution in [2.45, 2.75) is 38.8 Å². The van der Waals surface area contributed by atoms with Crippen molar-refractivity contribution in [3.05, 3.63) is 34.6 Å². The largest absolute Gasteiger partial charge is 0.395 e. The van der Waals surface area contributed by atoms with Gasteiger partial charge in [0.25, 0.3) is 0 Å². The lowest BCUT2D eigenvalue weighted by atomic mass is 9.90. The van der Waals surface area contributed by atoms with E-state index < -0.39 is 5.41 Å². The molecule has 13 nitrogen and oxygen atoms in total. The molecule has 2 saturated heterocycles. The van der Waals surface area contributed by atoms with Crippen molar-refractivity contribution in [2.24, 2.45) is 5.41 Å². The van der Waals surface area contributed by atoms with Crippen LogP contribution < -0.4 is 15.5 Å². The fourth-order valence-electron chi connectivity index (χ4n) is 5.32. The van der Waals surface area contributed by atoms with Gasteiger partial charge in [0.15, 0.2) is 17.2 Å². The Morgan fingerprint density at radius 2 is 1.90 bits per heavy atom. The van der Waals surface area contributed by atoms with E-state index in [4.69, 9.17) is 11.6 Å². The van der Waals surface area contributed by atoms with E-state index >= 15 is 0 Å². The van der Waals surface area contributed by atoms with E-state index in [2.05, 4.69) is 47.6 Å². The van der Waals surface area contributed by atoms with Crippen LogP contribution in [-0.4, -0.2) is 98.4 Å². The first kappa shape index (κ1) is 28.0. The molecule has 1 aliphatic carbocycles. The number of carbonyl (C=O) groups excluding carboxylic acids is 1. The Bertz CT molecular complexity index is 1610. The number of rotatable bonds is 8. The molecule has 2 aromatic heterocycles. The number of hydrogen-bond acceptors (Lipinski definition) is 11. The average molecular weight is 590 g/mol. The minimum Gasteiger partial charge on any atom is -0.395 e. The van der Waals surface area contributed by atoms with Crippen molar-refractivity contribution < 1.29 is 9.90 Å². The highest BCUT2D eigenvalue weighted by atomic mass is 35.5. The van der Waals surface area contributed by atoms with Crippen molar-refractivity contribution >= 4 is 46.3 Å². The topological polar surface area (TPSA) is 162 Å². The Balaban J connectivity index is 1.18. The van der Waals surface area contributed by atoms with Crippen LogP contribution in [-0.2, 0) is 4.79 Å². The van der Waals surface area contributed by atoms with Crippen molar-refractivity contribution in [2.75, 3.05) is 61.4 Å². The van der Waals surface area contributed by atoms with Gasteiger partial charge >= 0.3 is 0 Å². The molecule has 3 aromatic rings. The lowest BCUT2D eigenvalue weighted by Crippen LogP contribution is -2.65. The van der Waals surface area contributed by atoms with E-state index in [1.807, 2.05) is 4.90 Å². The molecular weight excluding hydrogens is 558 g/mol. The van der Waals surface area contributed by atoms with Crippen LogP contribution in [0.2, 0.25) is 5.02 Å². The Labute approximate surface area is 248 Å². The van der Waals surface area contributed by atoms with Gasteiger partial charge in [-0.05, 0) is 38.8 Å². The van der Waals surface area contributed by atoms with Crippen LogP contribution in [0, 0.1) is 28.1 Å². The van der Waals surface area contributed by atoms with Crippen LogP contribution in [0.4, 0.5) is 23.1 Å². The first-order chi connectivity index (χ1) is 20.2. The Morgan fingerprint density at radius 1 is 1.17 bits per heavy atom. The molecule has 3 fully saturated rings. The Morgan fingerprint density at radius 3 is 2.55 bits per heavy atom. The van der Waals surface area contributed by atoms with Crippen LogP contribution in [0.25, 0.3) is 5.65 Å². The summed E-state index contributed by atoms with van der Waals surface area (Å²) in [6.07, 6.45) is 3.54. The van der Waals surface area contributed by atoms with Gasteiger partial charge in [-0.2, -0.15) is 20.0 Å². The molecule has 1 saturated carbocycles. The summed E-state index contributed by atoms with van der Waals surface area (Å²) in [5.41, 5.74) is 1.66. The van der Waals surface area contributed by atoms with Crippen molar-refractivity contribution in [3.63, 3.8) is 0 Å². The van der Waals surface area contributed by atoms with Crippen LogP contribution >= 0.6 is 11.6 Å². The maximum Gasteiger partial charge on any atom is 0.247 e. The number of anilines is 4. The molecule has 0 atom stereocenters. The summed E-state index contributed by atoms with van der Waals surface area (Å²) in [5, 5.41) is 40.3. The number of carbonyl (C=O) groups is 1. The van der Waals surface area contributed by atoms with Gasteiger partial charge in [-0.3, -0.25) is 9.69 Å². The number of amides is 1. The molecule has 0 unspecified atom stereocenters. The molecular formula is C28H32ClN11O2. The van der Waals surface area contributed by atoms with Gasteiger partial charge in [0.05, 0.1) is 46.2 Å². The number of piperazine rings is 1. The summed E-state index contributed by atoms with van der Waals surface area (Å²) < 4.78 is 1.45. The van der Waals surface area contributed by atoms with Crippen LogP contribution in [0.5, 0.6) is 0 Å². The number of hydrogen-bond donors (Lipinski definition) is 3. The molecule has 3 N–H and O–H groups in total. The van der Waals surface area contributed by atoms with Gasteiger partial charge in [0.2, 0.25) is 11.9 Å². The number of likely N-dealkylation sites (tertiary alicyclic amines) is 1. The predicted octanol–water partition coefficient (Wildman–Crippen LogP) is 2.19. The van der Waals surface area contributed by atoms with E-state index in [9.17, 15) is 20.4 Å². The minimum atomic E-state index is -0.763. The molecule has 1 aromatic carbocycles. The molecule has 0 spiro atoms. The van der Waals surface area contributed by atoms with Gasteiger partial charge < -0.3 is 25.5 Å². The summed E-state index contributed by atoms with van der Waals surface area (Å²) in [4.78, 5) is 27.9. The molecule has 2 aliphatic heterocycles. The second kappa shape index (κ2) is 10.9. The highest BCUT2D eigenvalue weighted by Gasteiger charge is 2.41. The fraction of sp³-hybridized carbons (Fsp3) is 0.500. The number of nitrogens with one attached hydrogen (secondary N) is 2. The molecule has 42 heavy (non-hydrogen) atoms. The first-order valence-corrected chi connectivity index (χ1v) is 14.4. The van der Waals surface area contributed by atoms with Gasteiger partial charge in [0.1, 0.15) is 6.07 Å². The molecule has 1 amide bonds. The molecule has 4 heterocycles. The number of aromatic nitrogens is 4. The van der Waals surface area contributed by atoms with Crippen molar-refractivity contribution in [3.8, 4) is 12.1 Å². The van der Waals surface area contributed by atoms with Crippen LogP contribution in [0.3, 0.4) is 0 Å². The summed E-state index contributed by atoms with van der Waals surface area (Å²) in [5.74, 6) is 0.730. The van der Waals surface area contributed by atoms with E-state index in [-0.39, 0.29) is 30.2 Å². The lowest BCUT2D eigenvalue weighted by molar-refractivity contribution is -0.150. The number of nitrogens with zero attached hydrogens (tertiary/aromatic N) is 9. The third-order valence-corrected chi connectivity index (χ3v) is 8.52. The van der Waals surface area contributed by atoms with Crippen LogP contribution in [0.1, 0.15) is 37.9 Å². The summed E-state index contributed by atoms with van der Waals surface area (Å²) >= 11 is 6.92. The molecule has 0 radical (unpaired) electrons. The number of aliphatic hydroxyl groups is 1. The van der Waals surface area contributed by atoms with E-state index in [1.54, 1.807) is 26.0 Å². The molecule has 3 aliphatic rings. The summed E-state index contributed by atoms with van der Waals surface area (Å²) in [6.45, 7) is 7.67. The number of aliphatic hydroxyl groups excluding tert-OH is 1. The SMILES string of the molecule is CC(C)(CO)C(=O)N1CC(N2CCN(c3cc(C#N)cc(Nc4nc(NC5CC5)c5ncc(C#N)n5n4)c3Cl)CC2)C1. The molecule has 0 bridgehead atoms. The Hall–Kier alpha value is -4.17. The smallest absolute Gasteiger partial charge is 0.247 e. The number of fused-ring (bicyclic) bond motifs is 1. The predicted molar refractivity (Wildman–Crippen MR) is 157 cm³/mol. The molecule has 218 valence electrons. The maximum absolute atomic E-state index is 12.6. The van der Waals surface area contributed by atoms with Crippen molar-refractivity contribution in [1.82, 2.24) is 29.4 Å². The average Bonchev–Trinajstić information content (AvgIpc) is 3.69. The fourth-order valence-corrected chi connectivity index (χ4v) is 5.60. The second-order valence-electron chi connectivity index (χ2n) is 11.7. The maximum atomic E-state index is 12.6. The third kappa shape index (κ3) is 5.27. The number of imidazole rings is 1. The van der Waals surface area contributed by atoms with Gasteiger partial charge in [0, 0.05) is 51.4 Å². The summed E-state index contributed by atoms with van der Waals surface area (Å²) in [6, 6.07) is 8.38. The molecule has 14 heteroatoms. The zero-order valence-electron chi connectivity index (χ0n) is 23.5. The van der Waals surface area contributed by atoms with Gasteiger partial charge in [-0.25, -0.2) is 4.98 Å². The number of nitriles is 2. The van der Waals surface area contributed by atoms with Crippen LogP contribution in [0.15, 0.2) is 18.3 Å². The standard InChI is InChI=1S/C28H32ClN11O2/c1-28(2,16-41)26(42)39-14-20(15-39)37-5-7-38(8-6-37)22-10-17(11-30)9-21(23(22)29)34-27-35-24(33-18-3-4-18)25-32-13-19(12-31)40(25)36-27/h9-10,13,18,20,41H,3-8,14-16H2,1-2H3,(H2,33,34,35,36). The second-order valence-corrected chi connectivity index (χ2v) is 12.1. The lowest BCUT2D eigenvalue weighted by Gasteiger charge is -2.50.